The van der Waals surface area contributed by atoms with Crippen LogP contribution in [0.25, 0.3) is 0 Å². The third-order valence-electron chi connectivity index (χ3n) is 2.59. The van der Waals surface area contributed by atoms with Crippen LogP contribution in [0.3, 0.4) is 0 Å². The van der Waals surface area contributed by atoms with Crippen molar-refractivity contribution in [2.45, 2.75) is 19.5 Å². The number of hydrogen-bond acceptors (Lipinski definition) is 4. The van der Waals surface area contributed by atoms with Crippen LogP contribution in [0.1, 0.15) is 17.8 Å². The Labute approximate surface area is 114 Å². The standard InChI is InChI=1S/C11H13ClN4OS/c1-8(16-7-13-6-14-16)11(17)15(2)5-9-3-4-10(12)18-9/h3-4,6-8H,5H2,1-2H3/t8-/m0/s1. The van der Waals surface area contributed by atoms with Gasteiger partial charge >= 0.3 is 0 Å². The Balaban J connectivity index is 2.00. The first-order valence-electron chi connectivity index (χ1n) is 5.41. The van der Waals surface area contributed by atoms with Gasteiger partial charge in [0.1, 0.15) is 18.7 Å². The molecule has 18 heavy (non-hydrogen) atoms. The Bertz CT molecular complexity index is 525. The summed E-state index contributed by atoms with van der Waals surface area (Å²) in [6.07, 6.45) is 2.96. The smallest absolute Gasteiger partial charge is 0.247 e. The molecule has 0 aliphatic heterocycles. The summed E-state index contributed by atoms with van der Waals surface area (Å²) in [5.74, 6) is -0.00924. The number of rotatable bonds is 4. The third kappa shape index (κ3) is 2.88. The maximum atomic E-state index is 12.2. The minimum absolute atomic E-state index is 0.00924. The lowest BCUT2D eigenvalue weighted by Gasteiger charge is -2.20. The van der Waals surface area contributed by atoms with Crippen LogP contribution >= 0.6 is 22.9 Å². The van der Waals surface area contributed by atoms with Crippen molar-refractivity contribution in [2.24, 2.45) is 0 Å². The van der Waals surface area contributed by atoms with Crippen LogP contribution in [0.2, 0.25) is 4.34 Å². The van der Waals surface area contributed by atoms with E-state index in [1.165, 1.54) is 17.7 Å². The molecule has 1 amide bonds. The Kier molecular flexibility index (Phi) is 3.98. The van der Waals surface area contributed by atoms with Gasteiger partial charge in [-0.05, 0) is 19.1 Å². The largest absolute Gasteiger partial charge is 0.339 e. The van der Waals surface area contributed by atoms with Crippen molar-refractivity contribution in [3.05, 3.63) is 34.0 Å². The first kappa shape index (κ1) is 13.0. The SMILES string of the molecule is C[C@@H](C(=O)N(C)Cc1ccc(Cl)s1)n1cncn1. The first-order chi connectivity index (χ1) is 8.58. The van der Waals surface area contributed by atoms with E-state index in [1.807, 2.05) is 12.1 Å². The van der Waals surface area contributed by atoms with Crippen LogP contribution in [0.4, 0.5) is 0 Å². The van der Waals surface area contributed by atoms with Crippen molar-refractivity contribution in [3.8, 4) is 0 Å². The van der Waals surface area contributed by atoms with E-state index in [0.717, 1.165) is 9.21 Å². The molecule has 0 aromatic carbocycles. The summed E-state index contributed by atoms with van der Waals surface area (Å²) in [5.41, 5.74) is 0. The molecule has 5 nitrogen and oxygen atoms in total. The molecular formula is C11H13ClN4OS. The second-order valence-electron chi connectivity index (χ2n) is 3.95. The van der Waals surface area contributed by atoms with E-state index in [1.54, 1.807) is 29.9 Å². The summed E-state index contributed by atoms with van der Waals surface area (Å²) in [7, 11) is 1.77. The third-order valence-corrected chi connectivity index (χ3v) is 3.80. The molecule has 2 heterocycles. The lowest BCUT2D eigenvalue weighted by Crippen LogP contribution is -2.32. The molecule has 0 saturated carbocycles. The topological polar surface area (TPSA) is 51.0 Å². The van der Waals surface area contributed by atoms with Gasteiger partial charge in [0.25, 0.3) is 0 Å². The van der Waals surface area contributed by atoms with Crippen molar-refractivity contribution in [2.75, 3.05) is 7.05 Å². The Hall–Kier alpha value is -1.40. The van der Waals surface area contributed by atoms with E-state index in [9.17, 15) is 4.79 Å². The fraction of sp³-hybridized carbons (Fsp3) is 0.364. The van der Waals surface area contributed by atoms with Crippen molar-refractivity contribution >= 4 is 28.8 Å². The highest BCUT2D eigenvalue weighted by Gasteiger charge is 2.20. The van der Waals surface area contributed by atoms with E-state index >= 15 is 0 Å². The number of amides is 1. The summed E-state index contributed by atoms with van der Waals surface area (Å²) in [4.78, 5) is 18.7. The predicted molar refractivity (Wildman–Crippen MR) is 70.5 cm³/mol. The molecule has 2 rings (SSSR count). The molecule has 7 heteroatoms. The van der Waals surface area contributed by atoms with Crippen LogP contribution < -0.4 is 0 Å². The van der Waals surface area contributed by atoms with Gasteiger partial charge in [-0.25, -0.2) is 9.67 Å². The number of aromatic nitrogens is 3. The van der Waals surface area contributed by atoms with Crippen LogP contribution in [0.5, 0.6) is 0 Å². The molecule has 0 aliphatic carbocycles. The minimum Gasteiger partial charge on any atom is -0.339 e. The number of thiophene rings is 1. The normalized spacial score (nSPS) is 12.4. The van der Waals surface area contributed by atoms with Crippen molar-refractivity contribution in [1.29, 1.82) is 0 Å². The lowest BCUT2D eigenvalue weighted by molar-refractivity contribution is -0.133. The zero-order valence-corrected chi connectivity index (χ0v) is 11.6. The molecule has 96 valence electrons. The van der Waals surface area contributed by atoms with Crippen LogP contribution in [-0.4, -0.2) is 32.6 Å². The summed E-state index contributed by atoms with van der Waals surface area (Å²) in [6.45, 7) is 2.35. The molecular weight excluding hydrogens is 272 g/mol. The minimum atomic E-state index is -0.354. The molecule has 2 aromatic heterocycles. The van der Waals surface area contributed by atoms with Gasteiger partial charge < -0.3 is 4.90 Å². The summed E-state index contributed by atoms with van der Waals surface area (Å²) in [5, 5.41) is 3.97. The fourth-order valence-electron chi connectivity index (χ4n) is 1.60. The number of carbonyl (C=O) groups is 1. The second-order valence-corrected chi connectivity index (χ2v) is 5.75. The van der Waals surface area contributed by atoms with Crippen LogP contribution in [0, 0.1) is 0 Å². The molecule has 0 saturated heterocycles. The Morgan fingerprint density at radius 2 is 2.39 bits per heavy atom. The highest BCUT2D eigenvalue weighted by molar-refractivity contribution is 7.16. The molecule has 1 atom stereocenters. The zero-order chi connectivity index (χ0) is 13.1. The summed E-state index contributed by atoms with van der Waals surface area (Å²) < 4.78 is 2.27. The molecule has 0 unspecified atom stereocenters. The number of nitrogens with zero attached hydrogens (tertiary/aromatic N) is 4. The number of carbonyl (C=O) groups excluding carboxylic acids is 1. The molecule has 0 bridgehead atoms. The molecule has 0 N–H and O–H groups in total. The molecule has 2 aromatic rings. The van der Waals surface area contributed by atoms with Gasteiger partial charge in [0.2, 0.25) is 5.91 Å². The Morgan fingerprint density at radius 3 is 2.94 bits per heavy atom. The van der Waals surface area contributed by atoms with E-state index < -0.39 is 0 Å². The average molecular weight is 285 g/mol. The van der Waals surface area contributed by atoms with E-state index in [4.69, 9.17) is 11.6 Å². The van der Waals surface area contributed by atoms with Crippen molar-refractivity contribution in [3.63, 3.8) is 0 Å². The van der Waals surface area contributed by atoms with Crippen molar-refractivity contribution in [1.82, 2.24) is 19.7 Å². The summed E-state index contributed by atoms with van der Waals surface area (Å²) >= 11 is 7.34. The molecule has 0 spiro atoms. The highest BCUT2D eigenvalue weighted by atomic mass is 35.5. The first-order valence-corrected chi connectivity index (χ1v) is 6.60. The van der Waals surface area contributed by atoms with Gasteiger partial charge in [-0.15, -0.1) is 11.3 Å². The van der Waals surface area contributed by atoms with Gasteiger partial charge in [-0.3, -0.25) is 4.79 Å². The molecule has 0 radical (unpaired) electrons. The monoisotopic (exact) mass is 284 g/mol. The quantitative estimate of drug-likeness (QED) is 0.865. The fourth-order valence-corrected chi connectivity index (χ4v) is 2.74. The number of halogens is 1. The number of hydrogen-bond donors (Lipinski definition) is 0. The summed E-state index contributed by atoms with van der Waals surface area (Å²) in [6, 6.07) is 3.41. The average Bonchev–Trinajstić information content (AvgIpc) is 2.98. The van der Waals surface area contributed by atoms with Crippen LogP contribution in [0.15, 0.2) is 24.8 Å². The van der Waals surface area contributed by atoms with E-state index in [-0.39, 0.29) is 11.9 Å². The van der Waals surface area contributed by atoms with Gasteiger partial charge in [0.05, 0.1) is 10.9 Å². The van der Waals surface area contributed by atoms with Gasteiger partial charge in [0, 0.05) is 11.9 Å². The second kappa shape index (κ2) is 5.49. The van der Waals surface area contributed by atoms with Gasteiger partial charge in [0.15, 0.2) is 0 Å². The van der Waals surface area contributed by atoms with Gasteiger partial charge in [-0.2, -0.15) is 5.10 Å². The van der Waals surface area contributed by atoms with Crippen molar-refractivity contribution < 1.29 is 4.79 Å². The van der Waals surface area contributed by atoms with Crippen LogP contribution in [-0.2, 0) is 11.3 Å². The highest BCUT2D eigenvalue weighted by Crippen LogP contribution is 2.23. The molecule has 0 fully saturated rings. The van der Waals surface area contributed by atoms with E-state index in [0.29, 0.717) is 6.54 Å². The molecule has 0 aliphatic rings. The van der Waals surface area contributed by atoms with Gasteiger partial charge in [-0.1, -0.05) is 11.6 Å². The predicted octanol–water partition coefficient (Wildman–Crippen LogP) is 2.21. The lowest BCUT2D eigenvalue weighted by atomic mass is 10.3. The number of likely N-dealkylation sites (N-methyl/N-ethyl adjacent to an activating group) is 1. The maximum absolute atomic E-state index is 12.2. The van der Waals surface area contributed by atoms with E-state index in [2.05, 4.69) is 10.1 Å². The zero-order valence-electron chi connectivity index (χ0n) is 10.1. The maximum Gasteiger partial charge on any atom is 0.247 e. The Morgan fingerprint density at radius 1 is 1.61 bits per heavy atom.